The molecule has 0 unspecified atom stereocenters. The normalized spacial score (nSPS) is 22.2. The summed E-state index contributed by atoms with van der Waals surface area (Å²) in [5.41, 5.74) is 2.13. The van der Waals surface area contributed by atoms with Crippen LogP contribution in [0, 0.1) is 0 Å². The Kier molecular flexibility index (Phi) is 4.32. The van der Waals surface area contributed by atoms with Crippen molar-refractivity contribution in [1.29, 1.82) is 0 Å². The zero-order chi connectivity index (χ0) is 15.5. The molecule has 3 rings (SSSR count). The van der Waals surface area contributed by atoms with Gasteiger partial charge in [0.2, 0.25) is 6.10 Å². The molecule has 1 fully saturated rings. The number of nitrogens with zero attached hydrogens (tertiary/aromatic N) is 2. The number of hydrogen-bond donors (Lipinski definition) is 0. The average molecular weight is 302 g/mol. The van der Waals surface area contributed by atoms with Gasteiger partial charge in [0.15, 0.2) is 0 Å². The van der Waals surface area contributed by atoms with Crippen LogP contribution < -0.4 is 4.74 Å². The first-order valence-electron chi connectivity index (χ1n) is 7.80. The third-order valence-corrected chi connectivity index (χ3v) is 4.48. The number of likely N-dealkylation sites (tertiary alicyclic amines) is 1. The maximum atomic E-state index is 12.4. The van der Waals surface area contributed by atoms with Crippen LogP contribution in [0.2, 0.25) is 0 Å². The van der Waals surface area contributed by atoms with Crippen molar-refractivity contribution in [3.8, 4) is 5.75 Å². The number of para-hydroxylation sites is 1. The van der Waals surface area contributed by atoms with Gasteiger partial charge in [0.05, 0.1) is 12.8 Å². The van der Waals surface area contributed by atoms with Crippen LogP contribution in [0.4, 0.5) is 0 Å². The molecule has 22 heavy (non-hydrogen) atoms. The second-order valence-corrected chi connectivity index (χ2v) is 5.97. The Morgan fingerprint density at radius 3 is 2.68 bits per heavy atom. The third-order valence-electron chi connectivity index (χ3n) is 4.48. The highest BCUT2D eigenvalue weighted by Gasteiger charge is 2.33. The molecular formula is C17H22N2O3. The summed E-state index contributed by atoms with van der Waals surface area (Å²) in [5, 5.41) is 3.87. The monoisotopic (exact) mass is 302 g/mol. The molecule has 1 saturated heterocycles. The number of piperidine rings is 1. The summed E-state index contributed by atoms with van der Waals surface area (Å²) < 4.78 is 5.45. The number of hydrogen-bond acceptors (Lipinski definition) is 4. The molecule has 0 bridgehead atoms. The molecule has 0 aliphatic carbocycles. The van der Waals surface area contributed by atoms with E-state index in [9.17, 15) is 4.79 Å². The number of oxime groups is 1. The van der Waals surface area contributed by atoms with Crippen molar-refractivity contribution in [3.05, 3.63) is 29.8 Å². The van der Waals surface area contributed by atoms with Crippen LogP contribution in [0.15, 0.2) is 29.4 Å². The molecule has 0 aromatic heterocycles. The smallest absolute Gasteiger partial charge is 0.266 e. The number of benzene rings is 1. The third kappa shape index (κ3) is 2.93. The molecular weight excluding hydrogens is 280 g/mol. The first kappa shape index (κ1) is 14.9. The Morgan fingerprint density at radius 2 is 2.05 bits per heavy atom. The van der Waals surface area contributed by atoms with E-state index in [4.69, 9.17) is 9.57 Å². The molecule has 2 heterocycles. The maximum Gasteiger partial charge on any atom is 0.266 e. The number of amides is 1. The van der Waals surface area contributed by atoms with Gasteiger partial charge in [-0.1, -0.05) is 23.4 Å². The average Bonchev–Trinajstić information content (AvgIpc) is 3.01. The lowest BCUT2D eigenvalue weighted by atomic mass is 9.88. The number of carbonyl (C=O) groups is 1. The fourth-order valence-corrected chi connectivity index (χ4v) is 3.25. The van der Waals surface area contributed by atoms with E-state index in [1.807, 2.05) is 30.0 Å². The standard InChI is InChI=1S/C17H22N2O3/c1-12-11-16(22-18-12)17(20)19-9-7-13(8-10-19)14-5-3-4-6-15(14)21-2/h3-6,13,16H,7-11H2,1-2H3/t16-/m1/s1. The molecule has 0 N–H and O–H groups in total. The van der Waals surface area contributed by atoms with Crippen LogP contribution in [-0.4, -0.2) is 42.8 Å². The summed E-state index contributed by atoms with van der Waals surface area (Å²) >= 11 is 0. The van der Waals surface area contributed by atoms with E-state index < -0.39 is 6.10 Å². The highest BCUT2D eigenvalue weighted by atomic mass is 16.6. The molecule has 1 aromatic rings. The summed E-state index contributed by atoms with van der Waals surface area (Å²) in [7, 11) is 1.71. The molecule has 118 valence electrons. The van der Waals surface area contributed by atoms with Gasteiger partial charge < -0.3 is 14.5 Å². The molecule has 2 aliphatic rings. The minimum Gasteiger partial charge on any atom is -0.496 e. The number of methoxy groups -OCH3 is 1. The first-order valence-corrected chi connectivity index (χ1v) is 7.80. The van der Waals surface area contributed by atoms with E-state index in [0.717, 1.165) is 37.4 Å². The predicted octanol–water partition coefficient (Wildman–Crippen LogP) is 2.57. The lowest BCUT2D eigenvalue weighted by Gasteiger charge is -2.33. The van der Waals surface area contributed by atoms with Crippen LogP contribution in [0.3, 0.4) is 0 Å². The van der Waals surface area contributed by atoms with Gasteiger partial charge in [-0.25, -0.2) is 0 Å². The van der Waals surface area contributed by atoms with Crippen molar-refractivity contribution < 1.29 is 14.4 Å². The van der Waals surface area contributed by atoms with E-state index in [2.05, 4.69) is 11.2 Å². The minimum atomic E-state index is -0.414. The zero-order valence-corrected chi connectivity index (χ0v) is 13.1. The Morgan fingerprint density at radius 1 is 1.32 bits per heavy atom. The van der Waals surface area contributed by atoms with Gasteiger partial charge in [0.25, 0.3) is 5.91 Å². The number of ether oxygens (including phenoxy) is 1. The lowest BCUT2D eigenvalue weighted by molar-refractivity contribution is -0.143. The van der Waals surface area contributed by atoms with Gasteiger partial charge in [0.1, 0.15) is 5.75 Å². The van der Waals surface area contributed by atoms with Crippen LogP contribution >= 0.6 is 0 Å². The molecule has 5 heteroatoms. The Hall–Kier alpha value is -2.04. The van der Waals surface area contributed by atoms with Gasteiger partial charge in [-0.2, -0.15) is 0 Å². The summed E-state index contributed by atoms with van der Waals surface area (Å²) in [6.45, 7) is 3.42. The van der Waals surface area contributed by atoms with Gasteiger partial charge in [0, 0.05) is 19.5 Å². The van der Waals surface area contributed by atoms with E-state index in [0.29, 0.717) is 12.3 Å². The predicted molar refractivity (Wildman–Crippen MR) is 84.1 cm³/mol. The van der Waals surface area contributed by atoms with Crippen LogP contribution in [-0.2, 0) is 9.63 Å². The molecule has 1 aromatic carbocycles. The van der Waals surface area contributed by atoms with Gasteiger partial charge >= 0.3 is 0 Å². The van der Waals surface area contributed by atoms with E-state index in [-0.39, 0.29) is 5.91 Å². The zero-order valence-electron chi connectivity index (χ0n) is 13.1. The van der Waals surface area contributed by atoms with Gasteiger partial charge in [-0.15, -0.1) is 0 Å². The minimum absolute atomic E-state index is 0.0686. The number of carbonyl (C=O) groups excluding carboxylic acids is 1. The largest absolute Gasteiger partial charge is 0.496 e. The summed E-state index contributed by atoms with van der Waals surface area (Å²) in [6, 6.07) is 8.15. The van der Waals surface area contributed by atoms with E-state index >= 15 is 0 Å². The Balaban J connectivity index is 1.59. The lowest BCUT2D eigenvalue weighted by Crippen LogP contribution is -2.43. The van der Waals surface area contributed by atoms with E-state index in [1.54, 1.807) is 7.11 Å². The van der Waals surface area contributed by atoms with Crippen molar-refractivity contribution in [3.63, 3.8) is 0 Å². The van der Waals surface area contributed by atoms with Crippen LogP contribution in [0.1, 0.15) is 37.7 Å². The van der Waals surface area contributed by atoms with Gasteiger partial charge in [-0.3, -0.25) is 4.79 Å². The van der Waals surface area contributed by atoms with Crippen molar-refractivity contribution in [2.75, 3.05) is 20.2 Å². The topological polar surface area (TPSA) is 51.1 Å². The second kappa shape index (κ2) is 6.38. The molecule has 1 atom stereocenters. The maximum absolute atomic E-state index is 12.4. The second-order valence-electron chi connectivity index (χ2n) is 5.97. The SMILES string of the molecule is COc1ccccc1C1CCN(C(=O)[C@H]2CC(C)=NO2)CC1. The van der Waals surface area contributed by atoms with Crippen LogP contribution in [0.25, 0.3) is 0 Å². The fourth-order valence-electron chi connectivity index (χ4n) is 3.25. The van der Waals surface area contributed by atoms with Crippen molar-refractivity contribution in [2.45, 2.75) is 38.2 Å². The van der Waals surface area contributed by atoms with Crippen molar-refractivity contribution >= 4 is 11.6 Å². The molecule has 0 radical (unpaired) electrons. The summed E-state index contributed by atoms with van der Waals surface area (Å²) in [6.07, 6.45) is 2.12. The molecule has 2 aliphatic heterocycles. The fraction of sp³-hybridized carbons (Fsp3) is 0.529. The van der Waals surface area contributed by atoms with Crippen molar-refractivity contribution in [1.82, 2.24) is 4.90 Å². The quantitative estimate of drug-likeness (QED) is 0.862. The van der Waals surface area contributed by atoms with E-state index in [1.165, 1.54) is 5.56 Å². The number of rotatable bonds is 3. The van der Waals surface area contributed by atoms with Gasteiger partial charge in [-0.05, 0) is 37.3 Å². The van der Waals surface area contributed by atoms with Crippen LogP contribution in [0.5, 0.6) is 5.75 Å². The Bertz CT molecular complexity index is 577. The Labute approximate surface area is 130 Å². The molecule has 0 spiro atoms. The summed E-state index contributed by atoms with van der Waals surface area (Å²) in [5.74, 6) is 1.46. The molecule has 5 nitrogen and oxygen atoms in total. The highest BCUT2D eigenvalue weighted by molar-refractivity contribution is 5.91. The molecule has 1 amide bonds. The first-order chi connectivity index (χ1) is 10.7. The molecule has 0 saturated carbocycles. The van der Waals surface area contributed by atoms with Crippen molar-refractivity contribution in [2.24, 2.45) is 5.16 Å². The highest BCUT2D eigenvalue weighted by Crippen LogP contribution is 2.34. The summed E-state index contributed by atoms with van der Waals surface area (Å²) in [4.78, 5) is 19.5.